The largest absolute Gasteiger partial charge is 0.338 e. The number of hydrogen-bond donors (Lipinski definition) is 0. The van der Waals surface area contributed by atoms with Crippen LogP contribution >= 0.6 is 34.0 Å². The maximum atomic E-state index is 4.56. The van der Waals surface area contributed by atoms with Gasteiger partial charge in [-0.05, 0) is 31.2 Å². The first-order valence-electron chi connectivity index (χ1n) is 7.15. The fourth-order valence-electron chi connectivity index (χ4n) is 2.23. The minimum absolute atomic E-state index is 0. The van der Waals surface area contributed by atoms with Gasteiger partial charge in [0.1, 0.15) is 5.69 Å². The molecule has 0 radical (unpaired) electrons. The molecule has 0 saturated carbocycles. The molecule has 0 atom stereocenters. The Kier molecular flexibility index (Phi) is 8.24. The van der Waals surface area contributed by atoms with Crippen molar-refractivity contribution in [1.82, 2.24) is 14.9 Å². The van der Waals surface area contributed by atoms with Gasteiger partial charge in [0.15, 0.2) is 0 Å². The molecule has 1 aliphatic heterocycles. The fourth-order valence-corrected chi connectivity index (χ4v) is 2.23. The van der Waals surface area contributed by atoms with Gasteiger partial charge in [0.2, 0.25) is 5.95 Å². The lowest BCUT2D eigenvalue weighted by Crippen LogP contribution is -2.45. The molecule has 3 rings (SSSR count). The number of piperazine rings is 1. The zero-order valence-corrected chi connectivity index (χ0v) is 16.4. The van der Waals surface area contributed by atoms with Crippen LogP contribution in [0.2, 0.25) is 0 Å². The molecular formula is C17H20Br2N4. The Bertz CT molecular complexity index is 659. The third-order valence-electron chi connectivity index (χ3n) is 3.54. The third kappa shape index (κ3) is 5.61. The lowest BCUT2D eigenvalue weighted by molar-refractivity contribution is 0.311. The van der Waals surface area contributed by atoms with E-state index in [0.29, 0.717) is 0 Å². The Labute approximate surface area is 158 Å². The first kappa shape index (κ1) is 19.6. The molecule has 1 aromatic carbocycles. The Hall–Kier alpha value is -1.42. The van der Waals surface area contributed by atoms with E-state index in [1.54, 1.807) is 6.20 Å². The third-order valence-corrected chi connectivity index (χ3v) is 3.54. The van der Waals surface area contributed by atoms with Gasteiger partial charge in [0, 0.05) is 37.9 Å². The van der Waals surface area contributed by atoms with Gasteiger partial charge in [-0.15, -0.1) is 34.0 Å². The molecule has 23 heavy (non-hydrogen) atoms. The predicted molar refractivity (Wildman–Crippen MR) is 105 cm³/mol. The molecule has 122 valence electrons. The SMILES string of the molecule is Br.Br.CN1CCN(c2nccc(C#Cc3ccccc3)n2)CC1. The highest BCUT2D eigenvalue weighted by atomic mass is 79.9. The van der Waals surface area contributed by atoms with Gasteiger partial charge in [0.05, 0.1) is 0 Å². The monoisotopic (exact) mass is 438 g/mol. The van der Waals surface area contributed by atoms with Crippen molar-refractivity contribution < 1.29 is 0 Å². The molecule has 1 aromatic heterocycles. The zero-order chi connectivity index (χ0) is 14.5. The van der Waals surface area contributed by atoms with E-state index in [9.17, 15) is 0 Å². The van der Waals surface area contributed by atoms with Crippen LogP contribution in [0.25, 0.3) is 0 Å². The van der Waals surface area contributed by atoms with Crippen molar-refractivity contribution in [1.29, 1.82) is 0 Å². The van der Waals surface area contributed by atoms with E-state index >= 15 is 0 Å². The Morgan fingerprint density at radius 2 is 1.61 bits per heavy atom. The Balaban J connectivity index is 0.00000132. The smallest absolute Gasteiger partial charge is 0.226 e. The molecule has 0 bridgehead atoms. The quantitative estimate of drug-likeness (QED) is 0.639. The van der Waals surface area contributed by atoms with Crippen molar-refractivity contribution in [3.8, 4) is 11.8 Å². The molecule has 0 spiro atoms. The van der Waals surface area contributed by atoms with E-state index in [1.807, 2.05) is 36.4 Å². The Morgan fingerprint density at radius 3 is 2.30 bits per heavy atom. The molecule has 1 fully saturated rings. The van der Waals surface area contributed by atoms with E-state index in [0.717, 1.165) is 43.4 Å². The fraction of sp³-hybridized carbons (Fsp3) is 0.294. The van der Waals surface area contributed by atoms with Crippen LogP contribution in [-0.2, 0) is 0 Å². The number of likely N-dealkylation sites (N-methyl/N-ethyl adjacent to an activating group) is 1. The van der Waals surface area contributed by atoms with Crippen molar-refractivity contribution >= 4 is 39.9 Å². The highest BCUT2D eigenvalue weighted by Crippen LogP contribution is 2.10. The molecule has 6 heteroatoms. The number of rotatable bonds is 1. The van der Waals surface area contributed by atoms with E-state index in [-0.39, 0.29) is 34.0 Å². The number of halogens is 2. The molecule has 2 heterocycles. The summed E-state index contributed by atoms with van der Waals surface area (Å²) in [5.74, 6) is 7.02. The maximum Gasteiger partial charge on any atom is 0.226 e. The lowest BCUT2D eigenvalue weighted by atomic mass is 10.2. The summed E-state index contributed by atoms with van der Waals surface area (Å²) in [6.45, 7) is 4.02. The van der Waals surface area contributed by atoms with Crippen LogP contribution in [0.4, 0.5) is 5.95 Å². The standard InChI is InChI=1S/C17H18N4.2BrH/c1-20-11-13-21(14-12-20)17-18-10-9-16(19-17)8-7-15-5-3-2-4-6-15;;/h2-6,9-10H,11-14H2,1H3;2*1H. The molecular weight excluding hydrogens is 420 g/mol. The Morgan fingerprint density at radius 1 is 0.913 bits per heavy atom. The summed E-state index contributed by atoms with van der Waals surface area (Å²) in [6.07, 6.45) is 1.79. The minimum Gasteiger partial charge on any atom is -0.338 e. The number of nitrogens with zero attached hydrogens (tertiary/aromatic N) is 4. The topological polar surface area (TPSA) is 32.3 Å². The normalized spacial score (nSPS) is 14.0. The van der Waals surface area contributed by atoms with Crippen molar-refractivity contribution in [2.45, 2.75) is 0 Å². The van der Waals surface area contributed by atoms with Gasteiger partial charge in [-0.1, -0.05) is 24.1 Å². The summed E-state index contributed by atoms with van der Waals surface area (Å²) in [7, 11) is 2.14. The summed E-state index contributed by atoms with van der Waals surface area (Å²) in [5, 5.41) is 0. The molecule has 2 aromatic rings. The van der Waals surface area contributed by atoms with Gasteiger partial charge in [-0.25, -0.2) is 9.97 Å². The number of aromatic nitrogens is 2. The summed E-state index contributed by atoms with van der Waals surface area (Å²) in [4.78, 5) is 13.5. The van der Waals surface area contributed by atoms with Gasteiger partial charge >= 0.3 is 0 Å². The van der Waals surface area contributed by atoms with E-state index in [1.165, 1.54) is 0 Å². The number of hydrogen-bond acceptors (Lipinski definition) is 4. The maximum absolute atomic E-state index is 4.56. The van der Waals surface area contributed by atoms with E-state index in [4.69, 9.17) is 0 Å². The molecule has 1 saturated heterocycles. The lowest BCUT2D eigenvalue weighted by Gasteiger charge is -2.32. The van der Waals surface area contributed by atoms with E-state index in [2.05, 4.69) is 38.7 Å². The van der Waals surface area contributed by atoms with Crippen molar-refractivity contribution in [3.05, 3.63) is 53.9 Å². The molecule has 1 aliphatic rings. The predicted octanol–water partition coefficient (Wildman–Crippen LogP) is 2.78. The second kappa shape index (κ2) is 9.66. The highest BCUT2D eigenvalue weighted by Gasteiger charge is 2.16. The summed E-state index contributed by atoms with van der Waals surface area (Å²) in [5.41, 5.74) is 1.76. The average Bonchev–Trinajstić information content (AvgIpc) is 2.55. The van der Waals surface area contributed by atoms with Gasteiger partial charge in [0.25, 0.3) is 0 Å². The van der Waals surface area contributed by atoms with Crippen molar-refractivity contribution in [3.63, 3.8) is 0 Å². The molecule has 0 unspecified atom stereocenters. The minimum atomic E-state index is 0. The van der Waals surface area contributed by atoms with Crippen LogP contribution in [0, 0.1) is 11.8 Å². The molecule has 0 aliphatic carbocycles. The van der Waals surface area contributed by atoms with Crippen molar-refractivity contribution in [2.24, 2.45) is 0 Å². The molecule has 0 N–H and O–H groups in total. The second-order valence-corrected chi connectivity index (χ2v) is 5.15. The van der Waals surface area contributed by atoms with Crippen LogP contribution in [0.3, 0.4) is 0 Å². The van der Waals surface area contributed by atoms with Gasteiger partial charge in [-0.2, -0.15) is 0 Å². The summed E-state index contributed by atoms with van der Waals surface area (Å²) < 4.78 is 0. The van der Waals surface area contributed by atoms with Crippen LogP contribution in [0.1, 0.15) is 11.3 Å². The highest BCUT2D eigenvalue weighted by molar-refractivity contribution is 8.93. The zero-order valence-electron chi connectivity index (χ0n) is 13.0. The molecule has 4 nitrogen and oxygen atoms in total. The summed E-state index contributed by atoms with van der Waals surface area (Å²) in [6, 6.07) is 11.8. The first-order chi connectivity index (χ1) is 10.3. The summed E-state index contributed by atoms with van der Waals surface area (Å²) >= 11 is 0. The van der Waals surface area contributed by atoms with E-state index < -0.39 is 0 Å². The number of anilines is 1. The van der Waals surface area contributed by atoms with Crippen LogP contribution < -0.4 is 4.90 Å². The van der Waals surface area contributed by atoms with Crippen LogP contribution in [0.5, 0.6) is 0 Å². The van der Waals surface area contributed by atoms with Crippen LogP contribution in [0.15, 0.2) is 42.6 Å². The van der Waals surface area contributed by atoms with Gasteiger partial charge < -0.3 is 9.80 Å². The number of benzene rings is 1. The second-order valence-electron chi connectivity index (χ2n) is 5.15. The van der Waals surface area contributed by atoms with Gasteiger partial charge in [-0.3, -0.25) is 0 Å². The molecule has 0 amide bonds. The average molecular weight is 440 g/mol. The first-order valence-corrected chi connectivity index (χ1v) is 7.15. The van der Waals surface area contributed by atoms with Crippen molar-refractivity contribution in [2.75, 3.05) is 38.1 Å². The van der Waals surface area contributed by atoms with Crippen LogP contribution in [-0.4, -0.2) is 48.1 Å².